The number of hydrogen-bond donors (Lipinski definition) is 2. The minimum atomic E-state index is -4.38. The van der Waals surface area contributed by atoms with Crippen LogP contribution in [0.2, 0.25) is 0 Å². The van der Waals surface area contributed by atoms with Gasteiger partial charge >= 0.3 is 6.18 Å². The summed E-state index contributed by atoms with van der Waals surface area (Å²) in [5.41, 5.74) is 1.76. The summed E-state index contributed by atoms with van der Waals surface area (Å²) in [7, 11) is 1.59. The molecule has 0 aromatic heterocycles. The molecule has 0 aliphatic heterocycles. The second-order valence-corrected chi connectivity index (χ2v) is 9.95. The van der Waals surface area contributed by atoms with E-state index in [2.05, 4.69) is 10.6 Å². The molecule has 0 fully saturated rings. The van der Waals surface area contributed by atoms with Gasteiger partial charge < -0.3 is 14.8 Å². The summed E-state index contributed by atoms with van der Waals surface area (Å²) in [6.45, 7) is 7.75. The quantitative estimate of drug-likeness (QED) is 0.258. The molecule has 5 nitrogen and oxygen atoms in total. The highest BCUT2D eigenvalue weighted by Gasteiger charge is 2.30. The summed E-state index contributed by atoms with van der Waals surface area (Å²) in [6, 6.07) is 19.3. The zero-order valence-electron chi connectivity index (χ0n) is 23.0. The Hall–Kier alpha value is -3.52. The summed E-state index contributed by atoms with van der Waals surface area (Å²) in [6.07, 6.45) is -3.50. The first-order chi connectivity index (χ1) is 18.5. The van der Waals surface area contributed by atoms with Crippen molar-refractivity contribution in [2.75, 3.05) is 7.05 Å². The summed E-state index contributed by atoms with van der Waals surface area (Å²) >= 11 is 0. The third-order valence-corrected chi connectivity index (χ3v) is 6.11. The molecule has 0 spiro atoms. The van der Waals surface area contributed by atoms with E-state index in [9.17, 15) is 18.0 Å². The second kappa shape index (κ2) is 13.5. The van der Waals surface area contributed by atoms with E-state index in [-0.39, 0.29) is 24.2 Å². The van der Waals surface area contributed by atoms with E-state index >= 15 is 0 Å². The maximum absolute atomic E-state index is 13.0. The summed E-state index contributed by atoms with van der Waals surface area (Å²) in [5, 5.41) is 6.23. The van der Waals surface area contributed by atoms with E-state index in [0.717, 1.165) is 28.8 Å². The van der Waals surface area contributed by atoms with Crippen LogP contribution >= 0.6 is 0 Å². The van der Waals surface area contributed by atoms with Crippen LogP contribution in [0.15, 0.2) is 72.8 Å². The minimum Gasteiger partial charge on any atom is -0.487 e. The van der Waals surface area contributed by atoms with Gasteiger partial charge in [0.1, 0.15) is 6.04 Å². The van der Waals surface area contributed by atoms with Gasteiger partial charge in [-0.15, -0.1) is 0 Å². The SMILES string of the molecule is CNC(=O)C(NC(CCc1ccc(C(F)(F)F)cc1)c1ccc(OC(C)C)c(OC(C)C)c1)c1ccccc1. The first kappa shape index (κ1) is 30.0. The van der Waals surface area contributed by atoms with Crippen LogP contribution in [-0.4, -0.2) is 25.2 Å². The Kier molecular flexibility index (Phi) is 10.4. The Morgan fingerprint density at radius 2 is 1.44 bits per heavy atom. The highest BCUT2D eigenvalue weighted by molar-refractivity contribution is 5.83. The van der Waals surface area contributed by atoms with Crippen LogP contribution < -0.4 is 20.1 Å². The van der Waals surface area contributed by atoms with Crippen LogP contribution in [0.25, 0.3) is 0 Å². The molecule has 1 amide bonds. The predicted octanol–water partition coefficient (Wildman–Crippen LogP) is 7.03. The van der Waals surface area contributed by atoms with Gasteiger partial charge in [-0.1, -0.05) is 48.5 Å². The Bertz CT molecular complexity index is 1200. The van der Waals surface area contributed by atoms with Gasteiger partial charge in [0.25, 0.3) is 0 Å². The van der Waals surface area contributed by atoms with E-state index in [1.165, 1.54) is 12.1 Å². The van der Waals surface area contributed by atoms with Crippen molar-refractivity contribution < 1.29 is 27.4 Å². The van der Waals surface area contributed by atoms with Crippen molar-refractivity contribution in [2.45, 2.75) is 71.0 Å². The van der Waals surface area contributed by atoms with E-state index in [0.29, 0.717) is 24.3 Å². The lowest BCUT2D eigenvalue weighted by atomic mass is 9.95. The molecule has 0 bridgehead atoms. The number of hydrogen-bond acceptors (Lipinski definition) is 4. The zero-order valence-corrected chi connectivity index (χ0v) is 23.0. The molecule has 3 rings (SSSR count). The normalized spacial score (nSPS) is 13.3. The van der Waals surface area contributed by atoms with Crippen LogP contribution in [0.5, 0.6) is 11.5 Å². The van der Waals surface area contributed by atoms with Crippen LogP contribution in [-0.2, 0) is 17.4 Å². The highest BCUT2D eigenvalue weighted by Crippen LogP contribution is 2.35. The molecule has 39 heavy (non-hydrogen) atoms. The van der Waals surface area contributed by atoms with Crippen molar-refractivity contribution in [1.29, 1.82) is 0 Å². The van der Waals surface area contributed by atoms with Gasteiger partial charge in [-0.05, 0) is 81.5 Å². The largest absolute Gasteiger partial charge is 0.487 e. The van der Waals surface area contributed by atoms with Gasteiger partial charge in [-0.2, -0.15) is 13.2 Å². The van der Waals surface area contributed by atoms with E-state index in [1.807, 2.05) is 76.2 Å². The Morgan fingerprint density at radius 3 is 2.00 bits per heavy atom. The molecule has 0 aliphatic rings. The Morgan fingerprint density at radius 1 is 0.821 bits per heavy atom. The molecule has 2 unspecified atom stereocenters. The standard InChI is InChI=1S/C31H37F3N2O3/c1-20(2)38-27-18-14-24(19-28(27)39-21(3)4)26(17-13-22-11-15-25(16-12-22)31(32,33)34)36-29(30(37)35-5)23-9-7-6-8-10-23/h6-12,14-16,18-21,26,29,36H,13,17H2,1-5H3,(H,35,37). The molecule has 2 atom stereocenters. The monoisotopic (exact) mass is 542 g/mol. The minimum absolute atomic E-state index is 0.0466. The molecule has 0 saturated carbocycles. The number of rotatable bonds is 12. The van der Waals surface area contributed by atoms with Crippen molar-refractivity contribution in [1.82, 2.24) is 10.6 Å². The lowest BCUT2D eigenvalue weighted by molar-refractivity contribution is -0.137. The number of halogens is 3. The molecule has 8 heteroatoms. The third-order valence-electron chi connectivity index (χ3n) is 6.11. The lowest BCUT2D eigenvalue weighted by Gasteiger charge is -2.27. The Labute approximate surface area is 228 Å². The van der Waals surface area contributed by atoms with Crippen LogP contribution in [0.3, 0.4) is 0 Å². The zero-order chi connectivity index (χ0) is 28.6. The molecular weight excluding hydrogens is 505 g/mol. The smallest absolute Gasteiger partial charge is 0.416 e. The first-order valence-electron chi connectivity index (χ1n) is 13.1. The number of amides is 1. The number of alkyl halides is 3. The van der Waals surface area contributed by atoms with Crippen molar-refractivity contribution in [3.05, 3.63) is 95.1 Å². The number of nitrogens with one attached hydrogen (secondary N) is 2. The second-order valence-electron chi connectivity index (χ2n) is 9.95. The van der Waals surface area contributed by atoms with Gasteiger partial charge in [0.2, 0.25) is 5.91 Å². The summed E-state index contributed by atoms with van der Waals surface area (Å²) in [5.74, 6) is 1.02. The van der Waals surface area contributed by atoms with E-state index < -0.39 is 17.8 Å². The maximum atomic E-state index is 13.0. The van der Waals surface area contributed by atoms with Crippen molar-refractivity contribution in [3.8, 4) is 11.5 Å². The summed E-state index contributed by atoms with van der Waals surface area (Å²) < 4.78 is 51.1. The van der Waals surface area contributed by atoms with Gasteiger partial charge in [0.05, 0.1) is 17.8 Å². The molecule has 3 aromatic carbocycles. The van der Waals surface area contributed by atoms with Gasteiger partial charge in [0.15, 0.2) is 11.5 Å². The summed E-state index contributed by atoms with van der Waals surface area (Å²) in [4.78, 5) is 12.9. The van der Waals surface area contributed by atoms with Crippen LogP contribution in [0.1, 0.15) is 68.5 Å². The number of carbonyl (C=O) groups is 1. The van der Waals surface area contributed by atoms with Gasteiger partial charge in [-0.3, -0.25) is 10.1 Å². The predicted molar refractivity (Wildman–Crippen MR) is 147 cm³/mol. The van der Waals surface area contributed by atoms with E-state index in [1.54, 1.807) is 7.05 Å². The Balaban J connectivity index is 1.97. The molecule has 2 N–H and O–H groups in total. The fourth-order valence-electron chi connectivity index (χ4n) is 4.27. The number of likely N-dealkylation sites (N-methyl/N-ethyl adjacent to an activating group) is 1. The number of carbonyl (C=O) groups excluding carboxylic acids is 1. The number of ether oxygens (including phenoxy) is 2. The van der Waals surface area contributed by atoms with Gasteiger partial charge in [0, 0.05) is 13.1 Å². The van der Waals surface area contributed by atoms with Crippen molar-refractivity contribution in [3.63, 3.8) is 0 Å². The lowest BCUT2D eigenvalue weighted by Crippen LogP contribution is -2.38. The number of benzene rings is 3. The van der Waals surface area contributed by atoms with Crippen LogP contribution in [0, 0.1) is 0 Å². The van der Waals surface area contributed by atoms with Crippen molar-refractivity contribution in [2.24, 2.45) is 0 Å². The van der Waals surface area contributed by atoms with E-state index in [4.69, 9.17) is 9.47 Å². The van der Waals surface area contributed by atoms with Crippen LogP contribution in [0.4, 0.5) is 13.2 Å². The first-order valence-corrected chi connectivity index (χ1v) is 13.1. The fourth-order valence-corrected chi connectivity index (χ4v) is 4.27. The molecule has 0 heterocycles. The highest BCUT2D eigenvalue weighted by atomic mass is 19.4. The molecule has 0 radical (unpaired) electrons. The maximum Gasteiger partial charge on any atom is 0.416 e. The topological polar surface area (TPSA) is 59.6 Å². The average Bonchev–Trinajstić information content (AvgIpc) is 2.89. The molecule has 210 valence electrons. The third kappa shape index (κ3) is 8.75. The number of aryl methyl sites for hydroxylation is 1. The fraction of sp³-hybridized carbons (Fsp3) is 0.387. The van der Waals surface area contributed by atoms with Crippen molar-refractivity contribution >= 4 is 5.91 Å². The average molecular weight is 543 g/mol. The van der Waals surface area contributed by atoms with Gasteiger partial charge in [-0.25, -0.2) is 0 Å². The molecule has 3 aromatic rings. The molecule has 0 aliphatic carbocycles. The molecule has 0 saturated heterocycles. The molecular formula is C31H37F3N2O3.